The minimum atomic E-state index is -4.09. The fourth-order valence-corrected chi connectivity index (χ4v) is 3.74. The highest BCUT2D eigenvalue weighted by Gasteiger charge is 2.26. The van der Waals surface area contributed by atoms with Gasteiger partial charge in [-0.1, -0.05) is 30.1 Å². The lowest BCUT2D eigenvalue weighted by atomic mass is 10.1. The topological polar surface area (TPSA) is 54.5 Å². The van der Waals surface area contributed by atoms with Crippen LogP contribution >= 0.6 is 33.9 Å². The molecule has 0 bridgehead atoms. The molecule has 0 aromatic heterocycles. The Hall–Kier alpha value is -0.490. The minimum absolute atomic E-state index is 0.0329. The summed E-state index contributed by atoms with van der Waals surface area (Å²) in [7, 11) is 1.23. The van der Waals surface area contributed by atoms with Gasteiger partial charge in [-0.25, -0.2) is 8.42 Å². The number of rotatable bonds is 5. The lowest BCUT2D eigenvalue weighted by Gasteiger charge is -2.27. The molecule has 0 aliphatic rings. The second-order valence-electron chi connectivity index (χ2n) is 4.80. The van der Waals surface area contributed by atoms with Crippen molar-refractivity contribution in [1.82, 2.24) is 4.90 Å². The Balaban J connectivity index is 3.43. The Morgan fingerprint density at radius 3 is 2.29 bits per heavy atom. The van der Waals surface area contributed by atoms with E-state index in [2.05, 4.69) is 0 Å². The van der Waals surface area contributed by atoms with E-state index in [9.17, 15) is 13.2 Å². The predicted octanol–water partition coefficient (Wildman–Crippen LogP) is 4.18. The van der Waals surface area contributed by atoms with E-state index in [1.807, 2.05) is 20.8 Å². The summed E-state index contributed by atoms with van der Waals surface area (Å²) >= 11 is 11.9. The van der Waals surface area contributed by atoms with E-state index < -0.39 is 9.05 Å². The molecule has 8 heteroatoms. The highest BCUT2D eigenvalue weighted by molar-refractivity contribution is 8.13. The van der Waals surface area contributed by atoms with Crippen LogP contribution in [-0.2, 0) is 9.05 Å². The summed E-state index contributed by atoms with van der Waals surface area (Å²) in [5, 5.41) is -0.122. The number of amides is 1. The number of benzene rings is 1. The quantitative estimate of drug-likeness (QED) is 0.728. The highest BCUT2D eigenvalue weighted by Crippen LogP contribution is 2.32. The average molecular weight is 373 g/mol. The van der Waals surface area contributed by atoms with Gasteiger partial charge in [-0.3, -0.25) is 4.79 Å². The van der Waals surface area contributed by atoms with Crippen molar-refractivity contribution in [2.75, 3.05) is 6.54 Å². The summed E-state index contributed by atoms with van der Waals surface area (Å²) in [6.07, 6.45) is 0.767. The third kappa shape index (κ3) is 4.49. The molecule has 0 aliphatic carbocycles. The first-order valence-corrected chi connectivity index (χ1v) is 9.40. The minimum Gasteiger partial charge on any atom is -0.336 e. The zero-order valence-electron chi connectivity index (χ0n) is 11.9. The smallest absolute Gasteiger partial charge is 0.262 e. The van der Waals surface area contributed by atoms with Crippen LogP contribution in [0.15, 0.2) is 17.0 Å². The molecule has 0 N–H and O–H groups in total. The van der Waals surface area contributed by atoms with E-state index >= 15 is 0 Å². The molecule has 1 aromatic rings. The van der Waals surface area contributed by atoms with Crippen LogP contribution < -0.4 is 0 Å². The number of hydrogen-bond acceptors (Lipinski definition) is 3. The molecule has 1 aromatic carbocycles. The largest absolute Gasteiger partial charge is 0.336 e. The third-order valence-electron chi connectivity index (χ3n) is 2.85. The fourth-order valence-electron chi connectivity index (χ4n) is 1.89. The van der Waals surface area contributed by atoms with E-state index in [0.717, 1.165) is 12.5 Å². The molecule has 118 valence electrons. The van der Waals surface area contributed by atoms with E-state index in [1.54, 1.807) is 4.90 Å². The molecule has 0 saturated heterocycles. The van der Waals surface area contributed by atoms with Gasteiger partial charge in [0.1, 0.15) is 4.90 Å². The number of carbonyl (C=O) groups excluding carboxylic acids is 1. The second-order valence-corrected chi connectivity index (χ2v) is 8.14. The molecule has 0 atom stereocenters. The van der Waals surface area contributed by atoms with Crippen molar-refractivity contribution in [2.24, 2.45) is 0 Å². The molecule has 0 radical (unpaired) electrons. The Kier molecular flexibility index (Phi) is 6.35. The number of halogens is 3. The normalized spacial score (nSPS) is 11.8. The van der Waals surface area contributed by atoms with Crippen molar-refractivity contribution < 1.29 is 13.2 Å². The maximum absolute atomic E-state index is 12.6. The van der Waals surface area contributed by atoms with Crippen molar-refractivity contribution in [1.29, 1.82) is 0 Å². The maximum atomic E-state index is 12.6. The lowest BCUT2D eigenvalue weighted by Crippen LogP contribution is -2.37. The van der Waals surface area contributed by atoms with Crippen molar-refractivity contribution in [3.05, 3.63) is 27.7 Å². The van der Waals surface area contributed by atoms with Crippen LogP contribution in [0.5, 0.6) is 0 Å². The zero-order chi connectivity index (χ0) is 16.4. The second kappa shape index (κ2) is 7.18. The molecule has 0 aliphatic heterocycles. The molecule has 1 rings (SSSR count). The monoisotopic (exact) mass is 371 g/mol. The number of nitrogens with zero attached hydrogens (tertiary/aromatic N) is 1. The van der Waals surface area contributed by atoms with Gasteiger partial charge in [0, 0.05) is 28.3 Å². The van der Waals surface area contributed by atoms with Gasteiger partial charge in [0.2, 0.25) is 0 Å². The van der Waals surface area contributed by atoms with Gasteiger partial charge >= 0.3 is 0 Å². The van der Waals surface area contributed by atoms with Crippen LogP contribution in [-0.4, -0.2) is 31.8 Å². The van der Waals surface area contributed by atoms with Crippen molar-refractivity contribution in [3.63, 3.8) is 0 Å². The maximum Gasteiger partial charge on any atom is 0.262 e. The predicted molar refractivity (Wildman–Crippen MR) is 86.0 cm³/mol. The van der Waals surface area contributed by atoms with Crippen molar-refractivity contribution in [3.8, 4) is 0 Å². The Morgan fingerprint density at radius 1 is 1.29 bits per heavy atom. The molecular formula is C13H16Cl3NO3S. The number of hydrogen-bond donors (Lipinski definition) is 0. The molecule has 0 fully saturated rings. The SMILES string of the molecule is CCCN(C(=O)c1cc(Cl)cc(S(=O)(=O)Cl)c1Cl)C(C)C. The Labute approximate surface area is 139 Å². The average Bonchev–Trinajstić information content (AvgIpc) is 2.35. The zero-order valence-corrected chi connectivity index (χ0v) is 14.9. The van der Waals surface area contributed by atoms with Crippen LogP contribution in [0, 0.1) is 0 Å². The molecule has 0 spiro atoms. The number of carbonyl (C=O) groups is 1. The fraction of sp³-hybridized carbons (Fsp3) is 0.462. The summed E-state index contributed by atoms with van der Waals surface area (Å²) < 4.78 is 23.0. The first-order valence-electron chi connectivity index (χ1n) is 6.34. The lowest BCUT2D eigenvalue weighted by molar-refractivity contribution is 0.0706. The van der Waals surface area contributed by atoms with Gasteiger partial charge in [-0.05, 0) is 32.4 Å². The molecule has 21 heavy (non-hydrogen) atoms. The van der Waals surface area contributed by atoms with Crippen LogP contribution in [0.2, 0.25) is 10.0 Å². The Bertz CT molecular complexity index is 644. The molecule has 4 nitrogen and oxygen atoms in total. The summed E-state index contributed by atoms with van der Waals surface area (Å²) in [6.45, 7) is 6.20. The van der Waals surface area contributed by atoms with E-state index in [4.69, 9.17) is 33.9 Å². The van der Waals surface area contributed by atoms with Crippen molar-refractivity contribution in [2.45, 2.75) is 38.1 Å². The molecule has 0 unspecified atom stereocenters. The summed E-state index contributed by atoms with van der Waals surface area (Å²) in [4.78, 5) is 13.8. The van der Waals surface area contributed by atoms with Crippen LogP contribution in [0.3, 0.4) is 0 Å². The summed E-state index contributed by atoms with van der Waals surface area (Å²) in [5.41, 5.74) is 0.0329. The molecule has 1 amide bonds. The summed E-state index contributed by atoms with van der Waals surface area (Å²) in [6, 6.07) is 2.43. The van der Waals surface area contributed by atoms with E-state index in [0.29, 0.717) is 6.54 Å². The van der Waals surface area contributed by atoms with Gasteiger partial charge in [0.25, 0.3) is 15.0 Å². The van der Waals surface area contributed by atoms with Crippen LogP contribution in [0.1, 0.15) is 37.6 Å². The van der Waals surface area contributed by atoms with E-state index in [-0.39, 0.29) is 32.5 Å². The molecule has 0 saturated carbocycles. The van der Waals surface area contributed by atoms with Crippen LogP contribution in [0.25, 0.3) is 0 Å². The van der Waals surface area contributed by atoms with Crippen molar-refractivity contribution >= 4 is 48.8 Å². The Morgan fingerprint density at radius 2 is 1.86 bits per heavy atom. The van der Waals surface area contributed by atoms with Crippen LogP contribution in [0.4, 0.5) is 0 Å². The van der Waals surface area contributed by atoms with Gasteiger partial charge in [0.05, 0.1) is 10.6 Å². The van der Waals surface area contributed by atoms with Gasteiger partial charge < -0.3 is 4.90 Å². The van der Waals surface area contributed by atoms with Gasteiger partial charge in [-0.15, -0.1) is 0 Å². The van der Waals surface area contributed by atoms with Gasteiger partial charge in [0.15, 0.2) is 0 Å². The molecule has 0 heterocycles. The first kappa shape index (κ1) is 18.6. The standard InChI is InChI=1S/C13H16Cl3NO3S/c1-4-5-17(8(2)3)13(18)10-6-9(14)7-11(12(10)15)21(16,19)20/h6-8H,4-5H2,1-3H3. The van der Waals surface area contributed by atoms with E-state index in [1.165, 1.54) is 6.07 Å². The first-order chi connectivity index (χ1) is 9.59. The summed E-state index contributed by atoms with van der Waals surface area (Å²) in [5.74, 6) is -0.374. The molecular weight excluding hydrogens is 357 g/mol. The highest BCUT2D eigenvalue weighted by atomic mass is 35.7. The third-order valence-corrected chi connectivity index (χ3v) is 4.93. The van der Waals surface area contributed by atoms with Gasteiger partial charge in [-0.2, -0.15) is 0 Å².